The van der Waals surface area contributed by atoms with Gasteiger partial charge in [0.25, 0.3) is 0 Å². The SMILES string of the molecule is CCCc1nc(-c2cncn2C)ncc1CN. The summed E-state index contributed by atoms with van der Waals surface area (Å²) in [6, 6.07) is 0. The highest BCUT2D eigenvalue weighted by Gasteiger charge is 2.09. The fourth-order valence-electron chi connectivity index (χ4n) is 1.76. The van der Waals surface area contributed by atoms with E-state index in [-0.39, 0.29) is 0 Å². The van der Waals surface area contributed by atoms with Crippen LogP contribution < -0.4 is 5.73 Å². The number of aromatic nitrogens is 4. The molecule has 0 aliphatic rings. The van der Waals surface area contributed by atoms with Gasteiger partial charge in [0, 0.05) is 31.0 Å². The molecule has 2 heterocycles. The van der Waals surface area contributed by atoms with Gasteiger partial charge in [-0.2, -0.15) is 0 Å². The first-order valence-electron chi connectivity index (χ1n) is 5.77. The van der Waals surface area contributed by atoms with Gasteiger partial charge in [-0.05, 0) is 6.42 Å². The van der Waals surface area contributed by atoms with E-state index < -0.39 is 0 Å². The topological polar surface area (TPSA) is 69.6 Å². The Balaban J connectivity index is 2.43. The Morgan fingerprint density at radius 1 is 1.35 bits per heavy atom. The molecular weight excluding hydrogens is 214 g/mol. The molecular formula is C12H17N5. The van der Waals surface area contributed by atoms with Gasteiger partial charge < -0.3 is 10.3 Å². The number of rotatable bonds is 4. The van der Waals surface area contributed by atoms with Gasteiger partial charge >= 0.3 is 0 Å². The van der Waals surface area contributed by atoms with Crippen molar-refractivity contribution in [3.8, 4) is 11.5 Å². The lowest BCUT2D eigenvalue weighted by atomic mass is 10.1. The summed E-state index contributed by atoms with van der Waals surface area (Å²) in [5.74, 6) is 0.714. The van der Waals surface area contributed by atoms with E-state index >= 15 is 0 Å². The fourth-order valence-corrected chi connectivity index (χ4v) is 1.76. The molecule has 2 aromatic heterocycles. The van der Waals surface area contributed by atoms with E-state index in [4.69, 9.17) is 5.73 Å². The van der Waals surface area contributed by atoms with Crippen molar-refractivity contribution in [3.05, 3.63) is 30.0 Å². The summed E-state index contributed by atoms with van der Waals surface area (Å²) in [4.78, 5) is 13.0. The van der Waals surface area contributed by atoms with E-state index in [9.17, 15) is 0 Å². The van der Waals surface area contributed by atoms with Crippen molar-refractivity contribution < 1.29 is 0 Å². The van der Waals surface area contributed by atoms with E-state index in [0.29, 0.717) is 12.4 Å². The molecule has 90 valence electrons. The standard InChI is InChI=1S/C12H17N5/c1-3-4-10-9(5-13)6-15-12(16-10)11-7-14-8-17(11)2/h6-8H,3-5,13H2,1-2H3. The number of aryl methyl sites for hydroxylation is 2. The van der Waals surface area contributed by atoms with Crippen LogP contribution in [-0.2, 0) is 20.0 Å². The van der Waals surface area contributed by atoms with Gasteiger partial charge in [0.15, 0.2) is 5.82 Å². The molecule has 5 heteroatoms. The zero-order valence-electron chi connectivity index (χ0n) is 10.2. The zero-order chi connectivity index (χ0) is 12.3. The Kier molecular flexibility index (Phi) is 3.49. The molecule has 0 spiro atoms. The second-order valence-corrected chi connectivity index (χ2v) is 4.01. The first-order chi connectivity index (χ1) is 8.26. The Hall–Kier alpha value is -1.75. The van der Waals surface area contributed by atoms with Gasteiger partial charge in [-0.15, -0.1) is 0 Å². The minimum atomic E-state index is 0.487. The molecule has 0 aromatic carbocycles. The first kappa shape index (κ1) is 11.7. The van der Waals surface area contributed by atoms with Crippen molar-refractivity contribution in [2.24, 2.45) is 12.8 Å². The molecule has 0 unspecified atom stereocenters. The van der Waals surface area contributed by atoms with Gasteiger partial charge in [-0.3, -0.25) is 0 Å². The summed E-state index contributed by atoms with van der Waals surface area (Å²) in [6.45, 7) is 2.62. The minimum Gasteiger partial charge on any atom is -0.331 e. The molecule has 0 saturated carbocycles. The molecule has 0 amide bonds. The van der Waals surface area contributed by atoms with Gasteiger partial charge in [0.1, 0.15) is 5.69 Å². The van der Waals surface area contributed by atoms with Crippen molar-refractivity contribution in [1.29, 1.82) is 0 Å². The van der Waals surface area contributed by atoms with Crippen molar-refractivity contribution in [2.45, 2.75) is 26.3 Å². The molecule has 0 radical (unpaired) electrons. The normalized spacial score (nSPS) is 10.8. The lowest BCUT2D eigenvalue weighted by molar-refractivity contribution is 0.832. The van der Waals surface area contributed by atoms with Gasteiger partial charge in [0.05, 0.1) is 12.5 Å². The van der Waals surface area contributed by atoms with Crippen LogP contribution in [-0.4, -0.2) is 19.5 Å². The van der Waals surface area contributed by atoms with Crippen LogP contribution in [0.5, 0.6) is 0 Å². The molecule has 0 saturated heterocycles. The average Bonchev–Trinajstić information content (AvgIpc) is 2.76. The van der Waals surface area contributed by atoms with E-state index in [1.807, 2.05) is 17.8 Å². The minimum absolute atomic E-state index is 0.487. The van der Waals surface area contributed by atoms with Gasteiger partial charge in [-0.1, -0.05) is 13.3 Å². The Morgan fingerprint density at radius 3 is 2.76 bits per heavy atom. The van der Waals surface area contributed by atoms with Crippen LogP contribution >= 0.6 is 0 Å². The Labute approximate surface area is 101 Å². The number of nitrogens with two attached hydrogens (primary N) is 1. The van der Waals surface area contributed by atoms with Crippen molar-refractivity contribution in [2.75, 3.05) is 0 Å². The quantitative estimate of drug-likeness (QED) is 0.860. The third kappa shape index (κ3) is 2.34. The predicted octanol–water partition coefficient (Wildman–Crippen LogP) is 1.29. The molecule has 0 atom stereocenters. The summed E-state index contributed by atoms with van der Waals surface area (Å²) < 4.78 is 1.91. The van der Waals surface area contributed by atoms with Crippen LogP contribution in [0.15, 0.2) is 18.7 Å². The third-order valence-electron chi connectivity index (χ3n) is 2.71. The van der Waals surface area contributed by atoms with Crippen molar-refractivity contribution in [3.63, 3.8) is 0 Å². The predicted molar refractivity (Wildman–Crippen MR) is 66.1 cm³/mol. The van der Waals surface area contributed by atoms with Crippen LogP contribution in [0.25, 0.3) is 11.5 Å². The molecule has 0 aliphatic carbocycles. The van der Waals surface area contributed by atoms with Crippen LogP contribution in [0, 0.1) is 0 Å². The Bertz CT molecular complexity index is 503. The lowest BCUT2D eigenvalue weighted by Crippen LogP contribution is -2.07. The Morgan fingerprint density at radius 2 is 2.18 bits per heavy atom. The number of imidazole rings is 1. The first-order valence-corrected chi connectivity index (χ1v) is 5.77. The lowest BCUT2D eigenvalue weighted by Gasteiger charge is -2.08. The molecule has 2 aromatic rings. The van der Waals surface area contributed by atoms with Crippen LogP contribution in [0.4, 0.5) is 0 Å². The van der Waals surface area contributed by atoms with Crippen molar-refractivity contribution in [1.82, 2.24) is 19.5 Å². The second kappa shape index (κ2) is 5.05. The number of hydrogen-bond donors (Lipinski definition) is 1. The fraction of sp³-hybridized carbons (Fsp3) is 0.417. The smallest absolute Gasteiger partial charge is 0.178 e. The van der Waals surface area contributed by atoms with Crippen LogP contribution in [0.2, 0.25) is 0 Å². The number of hydrogen-bond acceptors (Lipinski definition) is 4. The average molecular weight is 231 g/mol. The summed E-state index contributed by atoms with van der Waals surface area (Å²) in [5, 5.41) is 0. The summed E-state index contributed by atoms with van der Waals surface area (Å²) in [7, 11) is 1.93. The zero-order valence-corrected chi connectivity index (χ0v) is 10.2. The summed E-state index contributed by atoms with van der Waals surface area (Å²) in [6.07, 6.45) is 7.32. The van der Waals surface area contributed by atoms with Crippen molar-refractivity contribution >= 4 is 0 Å². The maximum absolute atomic E-state index is 5.68. The monoisotopic (exact) mass is 231 g/mol. The molecule has 2 rings (SSSR count). The van der Waals surface area contributed by atoms with E-state index in [0.717, 1.165) is 29.8 Å². The second-order valence-electron chi connectivity index (χ2n) is 4.01. The summed E-state index contributed by atoms with van der Waals surface area (Å²) >= 11 is 0. The maximum atomic E-state index is 5.68. The highest BCUT2D eigenvalue weighted by atomic mass is 15.1. The van der Waals surface area contributed by atoms with Gasteiger partial charge in [0.2, 0.25) is 0 Å². The summed E-state index contributed by atoms with van der Waals surface area (Å²) in [5.41, 5.74) is 8.67. The van der Waals surface area contributed by atoms with E-state index in [1.165, 1.54) is 0 Å². The van der Waals surface area contributed by atoms with E-state index in [1.54, 1.807) is 12.5 Å². The molecule has 2 N–H and O–H groups in total. The molecule has 17 heavy (non-hydrogen) atoms. The highest BCUT2D eigenvalue weighted by Crippen LogP contribution is 2.16. The molecule has 0 fully saturated rings. The molecule has 0 bridgehead atoms. The molecule has 0 aliphatic heterocycles. The molecule has 5 nitrogen and oxygen atoms in total. The van der Waals surface area contributed by atoms with Gasteiger partial charge in [-0.25, -0.2) is 15.0 Å². The van der Waals surface area contributed by atoms with Crippen LogP contribution in [0.3, 0.4) is 0 Å². The third-order valence-corrected chi connectivity index (χ3v) is 2.71. The van der Waals surface area contributed by atoms with Crippen LogP contribution in [0.1, 0.15) is 24.6 Å². The highest BCUT2D eigenvalue weighted by molar-refractivity contribution is 5.48. The number of nitrogens with zero attached hydrogens (tertiary/aromatic N) is 4. The maximum Gasteiger partial charge on any atom is 0.178 e. The van der Waals surface area contributed by atoms with E-state index in [2.05, 4.69) is 21.9 Å². The largest absolute Gasteiger partial charge is 0.331 e.